The fourth-order valence-electron chi connectivity index (χ4n) is 3.85. The molecule has 2 atom stereocenters. The first kappa shape index (κ1) is 14.3. The van der Waals surface area contributed by atoms with Crippen molar-refractivity contribution in [2.45, 2.75) is 76.0 Å². The maximum atomic E-state index is 6.19. The molecule has 2 unspecified atom stereocenters. The number of hydrogen-bond acceptors (Lipinski definition) is 3. The van der Waals surface area contributed by atoms with Crippen LogP contribution in [0.4, 0.5) is 0 Å². The van der Waals surface area contributed by atoms with Crippen LogP contribution in [0.1, 0.15) is 58.8 Å². The maximum Gasteiger partial charge on any atom is 0.0670 e. The van der Waals surface area contributed by atoms with Crippen LogP contribution in [0, 0.1) is 0 Å². The highest BCUT2D eigenvalue weighted by Gasteiger charge is 2.46. The second-order valence-corrected chi connectivity index (χ2v) is 6.56. The molecule has 1 aliphatic carbocycles. The van der Waals surface area contributed by atoms with E-state index in [2.05, 4.69) is 25.8 Å². The van der Waals surface area contributed by atoms with Gasteiger partial charge in [-0.3, -0.25) is 4.90 Å². The molecule has 0 aromatic carbocycles. The zero-order valence-electron chi connectivity index (χ0n) is 12.4. The highest BCUT2D eigenvalue weighted by molar-refractivity contribution is 5.01. The number of rotatable bonds is 4. The number of hydrogen-bond donors (Lipinski definition) is 1. The van der Waals surface area contributed by atoms with Gasteiger partial charge in [0, 0.05) is 24.7 Å². The zero-order valence-corrected chi connectivity index (χ0v) is 12.4. The summed E-state index contributed by atoms with van der Waals surface area (Å²) in [5, 5.41) is 0. The Morgan fingerprint density at radius 2 is 2.00 bits per heavy atom. The third kappa shape index (κ3) is 2.59. The predicted octanol–water partition coefficient (Wildman–Crippen LogP) is 2.54. The Hall–Kier alpha value is -0.120. The fourth-order valence-corrected chi connectivity index (χ4v) is 3.85. The molecule has 2 rings (SSSR count). The monoisotopic (exact) mass is 254 g/mol. The van der Waals surface area contributed by atoms with E-state index in [4.69, 9.17) is 10.5 Å². The average molecular weight is 254 g/mol. The van der Waals surface area contributed by atoms with E-state index in [-0.39, 0.29) is 11.1 Å². The summed E-state index contributed by atoms with van der Waals surface area (Å²) in [4.78, 5) is 2.61. The molecule has 0 amide bonds. The van der Waals surface area contributed by atoms with Gasteiger partial charge >= 0.3 is 0 Å². The minimum absolute atomic E-state index is 0.0183. The van der Waals surface area contributed by atoms with Crippen LogP contribution in [0.15, 0.2) is 0 Å². The Labute approximate surface area is 112 Å². The molecule has 0 radical (unpaired) electrons. The maximum absolute atomic E-state index is 6.19. The van der Waals surface area contributed by atoms with Crippen LogP contribution in [0.2, 0.25) is 0 Å². The van der Waals surface area contributed by atoms with Gasteiger partial charge in [0.25, 0.3) is 0 Å². The molecule has 0 aromatic heterocycles. The first-order valence-corrected chi connectivity index (χ1v) is 7.62. The molecule has 2 N–H and O–H groups in total. The van der Waals surface area contributed by atoms with Crippen LogP contribution in [-0.2, 0) is 4.74 Å². The van der Waals surface area contributed by atoms with Crippen LogP contribution < -0.4 is 5.73 Å². The van der Waals surface area contributed by atoms with Crippen molar-refractivity contribution in [1.82, 2.24) is 4.90 Å². The van der Waals surface area contributed by atoms with Gasteiger partial charge in [0.2, 0.25) is 0 Å². The van der Waals surface area contributed by atoms with Crippen LogP contribution in [-0.4, -0.2) is 42.3 Å². The van der Waals surface area contributed by atoms with Crippen LogP contribution >= 0.6 is 0 Å². The molecule has 18 heavy (non-hydrogen) atoms. The first-order chi connectivity index (χ1) is 8.55. The first-order valence-electron chi connectivity index (χ1n) is 7.62. The largest absolute Gasteiger partial charge is 0.375 e. The van der Waals surface area contributed by atoms with Gasteiger partial charge in [0.15, 0.2) is 0 Å². The lowest BCUT2D eigenvalue weighted by atomic mass is 9.77. The molecule has 1 heterocycles. The van der Waals surface area contributed by atoms with Crippen molar-refractivity contribution < 1.29 is 4.74 Å². The van der Waals surface area contributed by atoms with Crippen molar-refractivity contribution in [3.8, 4) is 0 Å². The molecular formula is C15H30N2O. The molecule has 0 bridgehead atoms. The van der Waals surface area contributed by atoms with Crippen molar-refractivity contribution in [3.63, 3.8) is 0 Å². The third-order valence-electron chi connectivity index (χ3n) is 5.47. The summed E-state index contributed by atoms with van der Waals surface area (Å²) in [6.45, 7) is 6.10. The van der Waals surface area contributed by atoms with Crippen molar-refractivity contribution >= 4 is 0 Å². The van der Waals surface area contributed by atoms with E-state index in [0.29, 0.717) is 0 Å². The molecule has 2 fully saturated rings. The number of nitrogens with zero attached hydrogens (tertiary/aromatic N) is 1. The topological polar surface area (TPSA) is 38.5 Å². The molecular weight excluding hydrogens is 224 g/mol. The minimum atomic E-state index is 0.0183. The number of ether oxygens (including phenoxy) is 1. The summed E-state index contributed by atoms with van der Waals surface area (Å²) in [6, 6.07) is 0.743. The predicted molar refractivity (Wildman–Crippen MR) is 75.7 cm³/mol. The molecule has 1 saturated heterocycles. The smallest absolute Gasteiger partial charge is 0.0670 e. The highest BCUT2D eigenvalue weighted by Crippen LogP contribution is 2.40. The number of nitrogens with two attached hydrogens (primary N) is 1. The zero-order chi connectivity index (χ0) is 13.2. The van der Waals surface area contributed by atoms with E-state index >= 15 is 0 Å². The second-order valence-electron chi connectivity index (χ2n) is 6.56. The Balaban J connectivity index is 2.13. The minimum Gasteiger partial charge on any atom is -0.375 e. The standard InChI is InChI=1S/C15H30N2O/c1-4-14(2)11-15(12-16,9-10-18-14)17(3)13-7-5-6-8-13/h13H,4-12,16H2,1-3H3. The van der Waals surface area contributed by atoms with Crippen LogP contribution in [0.5, 0.6) is 0 Å². The van der Waals surface area contributed by atoms with E-state index < -0.39 is 0 Å². The summed E-state index contributed by atoms with van der Waals surface area (Å²) in [5.74, 6) is 0. The Morgan fingerprint density at radius 3 is 2.56 bits per heavy atom. The molecule has 1 aliphatic heterocycles. The normalized spacial score (nSPS) is 38.5. The van der Waals surface area contributed by atoms with E-state index in [1.165, 1.54) is 25.7 Å². The number of likely N-dealkylation sites (N-methyl/N-ethyl adjacent to an activating group) is 1. The van der Waals surface area contributed by atoms with Gasteiger partial charge in [0.05, 0.1) is 5.60 Å². The van der Waals surface area contributed by atoms with E-state index in [1.54, 1.807) is 0 Å². The molecule has 3 heteroatoms. The lowest BCUT2D eigenvalue weighted by Gasteiger charge is -2.52. The van der Waals surface area contributed by atoms with Crippen molar-refractivity contribution in [2.75, 3.05) is 20.2 Å². The summed E-state index contributed by atoms with van der Waals surface area (Å²) in [6.07, 6.45) is 8.72. The van der Waals surface area contributed by atoms with E-state index in [9.17, 15) is 0 Å². The fraction of sp³-hybridized carbons (Fsp3) is 1.00. The van der Waals surface area contributed by atoms with Gasteiger partial charge in [-0.1, -0.05) is 19.8 Å². The Kier molecular flexibility index (Phi) is 4.35. The highest BCUT2D eigenvalue weighted by atomic mass is 16.5. The summed E-state index contributed by atoms with van der Waals surface area (Å²) >= 11 is 0. The van der Waals surface area contributed by atoms with Gasteiger partial charge in [-0.05, 0) is 46.1 Å². The van der Waals surface area contributed by atoms with Crippen molar-refractivity contribution in [3.05, 3.63) is 0 Å². The quantitative estimate of drug-likeness (QED) is 0.838. The van der Waals surface area contributed by atoms with Gasteiger partial charge in [-0.2, -0.15) is 0 Å². The van der Waals surface area contributed by atoms with Gasteiger partial charge in [-0.25, -0.2) is 0 Å². The Bertz CT molecular complexity index is 278. The summed E-state index contributed by atoms with van der Waals surface area (Å²) in [7, 11) is 2.30. The molecule has 106 valence electrons. The second kappa shape index (κ2) is 5.48. The SMILES string of the molecule is CCC1(C)CC(CN)(N(C)C2CCCC2)CCO1. The Morgan fingerprint density at radius 1 is 1.33 bits per heavy atom. The van der Waals surface area contributed by atoms with Crippen molar-refractivity contribution in [1.29, 1.82) is 0 Å². The molecule has 0 spiro atoms. The molecule has 2 aliphatic rings. The van der Waals surface area contributed by atoms with Crippen LogP contribution in [0.25, 0.3) is 0 Å². The van der Waals surface area contributed by atoms with Gasteiger partial charge in [-0.15, -0.1) is 0 Å². The van der Waals surface area contributed by atoms with Gasteiger partial charge < -0.3 is 10.5 Å². The summed E-state index contributed by atoms with van der Waals surface area (Å²) in [5.41, 5.74) is 6.37. The van der Waals surface area contributed by atoms with Crippen LogP contribution in [0.3, 0.4) is 0 Å². The molecule has 3 nitrogen and oxygen atoms in total. The lowest BCUT2D eigenvalue weighted by Crippen LogP contribution is -2.61. The summed E-state index contributed by atoms with van der Waals surface area (Å²) < 4.78 is 6.00. The van der Waals surface area contributed by atoms with E-state index in [0.717, 1.165) is 38.5 Å². The lowest BCUT2D eigenvalue weighted by molar-refractivity contribution is -0.131. The van der Waals surface area contributed by atoms with E-state index in [1.807, 2.05) is 0 Å². The molecule has 0 aromatic rings. The van der Waals surface area contributed by atoms with Gasteiger partial charge in [0.1, 0.15) is 0 Å². The average Bonchev–Trinajstić information content (AvgIpc) is 2.91. The molecule has 1 saturated carbocycles. The third-order valence-corrected chi connectivity index (χ3v) is 5.47. The van der Waals surface area contributed by atoms with Crippen molar-refractivity contribution in [2.24, 2.45) is 5.73 Å².